The molecule has 1 fully saturated rings. The molecule has 1 aliphatic rings. The van der Waals surface area contributed by atoms with Crippen LogP contribution in [-0.4, -0.2) is 52.8 Å². The van der Waals surface area contributed by atoms with E-state index in [1.54, 1.807) is 25.3 Å². The lowest BCUT2D eigenvalue weighted by Gasteiger charge is -2.39. The molecule has 1 unspecified atom stereocenters. The number of piperidine rings is 1. The van der Waals surface area contributed by atoms with E-state index in [1.807, 2.05) is 18.2 Å². The van der Waals surface area contributed by atoms with E-state index in [2.05, 4.69) is 22.0 Å². The van der Waals surface area contributed by atoms with Crippen LogP contribution in [0.2, 0.25) is 0 Å². The Morgan fingerprint density at radius 2 is 1.94 bits per heavy atom. The molecule has 0 radical (unpaired) electrons. The Kier molecular flexibility index (Phi) is 8.54. The van der Waals surface area contributed by atoms with Gasteiger partial charge in [-0.1, -0.05) is 30.3 Å². The monoisotopic (exact) mass is 494 g/mol. The van der Waals surface area contributed by atoms with Crippen molar-refractivity contribution >= 4 is 16.9 Å². The second-order valence-corrected chi connectivity index (χ2v) is 9.76. The molecule has 1 aliphatic heterocycles. The summed E-state index contributed by atoms with van der Waals surface area (Å²) in [7, 11) is 1.54. The highest BCUT2D eigenvalue weighted by Crippen LogP contribution is 2.41. The molecule has 1 atom stereocenters. The lowest BCUT2D eigenvalue weighted by molar-refractivity contribution is -0.153. The highest BCUT2D eigenvalue weighted by atomic mass is 19.1. The molecular weight excluding hydrogens is 459 g/mol. The van der Waals surface area contributed by atoms with Gasteiger partial charge in [0.15, 0.2) is 0 Å². The molecule has 0 amide bonds. The number of alkyl halides is 1. The van der Waals surface area contributed by atoms with E-state index in [9.17, 15) is 15.0 Å². The Morgan fingerprint density at radius 1 is 1.19 bits per heavy atom. The molecule has 0 bridgehead atoms. The number of fused-ring (bicyclic) bond motifs is 1. The van der Waals surface area contributed by atoms with E-state index in [4.69, 9.17) is 4.74 Å². The van der Waals surface area contributed by atoms with Crippen LogP contribution >= 0.6 is 0 Å². The highest BCUT2D eigenvalue weighted by Gasteiger charge is 2.41. The summed E-state index contributed by atoms with van der Waals surface area (Å²) in [6.07, 6.45) is 3.46. The molecule has 1 saturated heterocycles. The third-order valence-corrected chi connectivity index (χ3v) is 7.61. The van der Waals surface area contributed by atoms with Crippen LogP contribution in [0.25, 0.3) is 10.9 Å². The highest BCUT2D eigenvalue weighted by molar-refractivity contribution is 5.85. The van der Waals surface area contributed by atoms with E-state index in [0.717, 1.165) is 19.4 Å². The SMILES string of the molecule is COc1ccc2ncc(CO)c(C(F)CCC3(C(=O)O)CCN(CCCc4ccccc4)CC3)c2c1. The predicted molar refractivity (Wildman–Crippen MR) is 138 cm³/mol. The summed E-state index contributed by atoms with van der Waals surface area (Å²) in [4.78, 5) is 19.0. The number of halogens is 1. The number of pyridine rings is 1. The number of aliphatic carboxylic acids is 1. The van der Waals surface area contributed by atoms with Gasteiger partial charge in [0.25, 0.3) is 0 Å². The molecule has 2 heterocycles. The zero-order valence-corrected chi connectivity index (χ0v) is 20.8. The van der Waals surface area contributed by atoms with Gasteiger partial charge in [0.1, 0.15) is 11.9 Å². The summed E-state index contributed by atoms with van der Waals surface area (Å²) in [6, 6.07) is 15.6. The van der Waals surface area contributed by atoms with Gasteiger partial charge in [-0.2, -0.15) is 0 Å². The van der Waals surface area contributed by atoms with E-state index in [1.165, 1.54) is 11.8 Å². The zero-order chi connectivity index (χ0) is 25.5. The molecule has 2 N–H and O–H groups in total. The molecule has 7 heteroatoms. The maximum atomic E-state index is 15.8. The largest absolute Gasteiger partial charge is 0.497 e. The van der Waals surface area contributed by atoms with Crippen LogP contribution in [0.4, 0.5) is 4.39 Å². The summed E-state index contributed by atoms with van der Waals surface area (Å²) in [6.45, 7) is 2.00. The summed E-state index contributed by atoms with van der Waals surface area (Å²) in [5.41, 5.74) is 1.79. The van der Waals surface area contributed by atoms with E-state index < -0.39 is 17.6 Å². The van der Waals surface area contributed by atoms with Gasteiger partial charge < -0.3 is 19.8 Å². The predicted octanol–water partition coefficient (Wildman–Crippen LogP) is 5.33. The van der Waals surface area contributed by atoms with Gasteiger partial charge in [-0.15, -0.1) is 0 Å². The lowest BCUT2D eigenvalue weighted by Crippen LogP contribution is -2.44. The number of ether oxygens (including phenoxy) is 1. The number of carboxylic acids is 1. The van der Waals surface area contributed by atoms with Crippen molar-refractivity contribution in [2.24, 2.45) is 5.41 Å². The van der Waals surface area contributed by atoms with Crippen molar-refractivity contribution in [3.05, 3.63) is 71.4 Å². The summed E-state index contributed by atoms with van der Waals surface area (Å²) in [5, 5.41) is 20.5. The molecule has 36 heavy (non-hydrogen) atoms. The molecule has 6 nitrogen and oxygen atoms in total. The van der Waals surface area contributed by atoms with E-state index in [0.29, 0.717) is 53.7 Å². The van der Waals surface area contributed by atoms with Crippen molar-refractivity contribution in [3.8, 4) is 5.75 Å². The average Bonchev–Trinajstić information content (AvgIpc) is 2.92. The number of rotatable bonds is 11. The number of aromatic nitrogens is 1. The van der Waals surface area contributed by atoms with Crippen molar-refractivity contribution in [2.45, 2.75) is 51.3 Å². The van der Waals surface area contributed by atoms with Crippen LogP contribution < -0.4 is 4.74 Å². The number of hydrogen-bond donors (Lipinski definition) is 2. The van der Waals surface area contributed by atoms with Gasteiger partial charge in [0.2, 0.25) is 0 Å². The molecule has 4 rings (SSSR count). The quantitative estimate of drug-likeness (QED) is 0.375. The standard InChI is InChI=1S/C29H35FN2O4/c1-36-23-9-10-26-24(18-23)27(22(20-33)19-31-26)25(30)11-12-29(28(34)35)13-16-32(17-14-29)15-5-8-21-6-3-2-4-7-21/h2-4,6-7,9-10,18-19,25,33H,5,8,11-17,20H2,1H3,(H,34,35). The molecule has 3 aromatic rings. The molecule has 2 aromatic carbocycles. The van der Waals surface area contributed by atoms with Gasteiger partial charge in [0.05, 0.1) is 24.6 Å². The van der Waals surface area contributed by atoms with Gasteiger partial charge in [-0.25, -0.2) is 4.39 Å². The first kappa shape index (κ1) is 26.0. The van der Waals surface area contributed by atoms with Crippen molar-refractivity contribution in [3.63, 3.8) is 0 Å². The van der Waals surface area contributed by atoms with Crippen molar-refractivity contribution in [2.75, 3.05) is 26.7 Å². The molecule has 192 valence electrons. The first-order valence-electron chi connectivity index (χ1n) is 12.7. The maximum Gasteiger partial charge on any atom is 0.309 e. The van der Waals surface area contributed by atoms with Gasteiger partial charge >= 0.3 is 5.97 Å². The summed E-state index contributed by atoms with van der Waals surface area (Å²) in [5.74, 6) is -0.267. The summed E-state index contributed by atoms with van der Waals surface area (Å²) < 4.78 is 21.1. The van der Waals surface area contributed by atoms with Gasteiger partial charge in [0, 0.05) is 22.7 Å². The number of aliphatic hydroxyl groups is 1. The van der Waals surface area contributed by atoms with Crippen molar-refractivity contribution < 1.29 is 24.1 Å². The van der Waals surface area contributed by atoms with Crippen LogP contribution in [0, 0.1) is 5.41 Å². The Hall–Kier alpha value is -3.03. The van der Waals surface area contributed by atoms with Gasteiger partial charge in [-0.05, 0) is 81.9 Å². The zero-order valence-electron chi connectivity index (χ0n) is 20.8. The Balaban J connectivity index is 1.40. The van der Waals surface area contributed by atoms with Crippen molar-refractivity contribution in [1.82, 2.24) is 9.88 Å². The normalized spacial score (nSPS) is 16.6. The summed E-state index contributed by atoms with van der Waals surface area (Å²) >= 11 is 0. The Bertz CT molecular complexity index is 1160. The molecular formula is C29H35FN2O4. The minimum Gasteiger partial charge on any atom is -0.497 e. The minimum atomic E-state index is -1.41. The van der Waals surface area contributed by atoms with Crippen LogP contribution in [-0.2, 0) is 17.8 Å². The Morgan fingerprint density at radius 3 is 2.61 bits per heavy atom. The third kappa shape index (κ3) is 5.85. The first-order chi connectivity index (χ1) is 17.5. The lowest BCUT2D eigenvalue weighted by atomic mass is 9.74. The van der Waals surface area contributed by atoms with Gasteiger partial charge in [-0.3, -0.25) is 9.78 Å². The van der Waals surface area contributed by atoms with Crippen molar-refractivity contribution in [1.29, 1.82) is 0 Å². The Labute approximate surface area is 211 Å². The molecule has 0 spiro atoms. The minimum absolute atomic E-state index is 0.0730. The van der Waals surface area contributed by atoms with Crippen LogP contribution in [0.15, 0.2) is 54.7 Å². The first-order valence-corrected chi connectivity index (χ1v) is 12.7. The number of aryl methyl sites for hydroxylation is 1. The smallest absolute Gasteiger partial charge is 0.309 e. The fourth-order valence-corrected chi connectivity index (χ4v) is 5.33. The number of aliphatic hydroxyl groups excluding tert-OH is 1. The molecule has 1 aromatic heterocycles. The number of likely N-dealkylation sites (tertiary alicyclic amines) is 1. The number of carbonyl (C=O) groups is 1. The second kappa shape index (κ2) is 11.8. The van der Waals surface area contributed by atoms with E-state index in [-0.39, 0.29) is 19.4 Å². The molecule has 0 saturated carbocycles. The maximum absolute atomic E-state index is 15.8. The number of benzene rings is 2. The topological polar surface area (TPSA) is 82.9 Å². The van der Waals surface area contributed by atoms with Crippen LogP contribution in [0.5, 0.6) is 5.75 Å². The fourth-order valence-electron chi connectivity index (χ4n) is 5.33. The average molecular weight is 495 g/mol. The third-order valence-electron chi connectivity index (χ3n) is 7.61. The van der Waals surface area contributed by atoms with Crippen LogP contribution in [0.3, 0.4) is 0 Å². The number of hydrogen-bond acceptors (Lipinski definition) is 5. The molecule has 0 aliphatic carbocycles. The second-order valence-electron chi connectivity index (χ2n) is 9.76. The van der Waals surface area contributed by atoms with E-state index >= 15 is 4.39 Å². The number of methoxy groups -OCH3 is 1. The fraction of sp³-hybridized carbons (Fsp3) is 0.448. The number of nitrogens with zero attached hydrogens (tertiary/aromatic N) is 2. The number of carboxylic acid groups (broad SMARTS) is 1. The van der Waals surface area contributed by atoms with Crippen LogP contribution in [0.1, 0.15) is 55.0 Å².